The Morgan fingerprint density at radius 2 is 2.00 bits per heavy atom. The van der Waals surface area contributed by atoms with Gasteiger partial charge < -0.3 is 11.5 Å². The van der Waals surface area contributed by atoms with Crippen molar-refractivity contribution in [2.75, 3.05) is 11.4 Å². The summed E-state index contributed by atoms with van der Waals surface area (Å²) < 4.78 is 0. The summed E-state index contributed by atoms with van der Waals surface area (Å²) in [4.78, 5) is 12.6. The van der Waals surface area contributed by atoms with Crippen molar-refractivity contribution in [3.05, 3.63) is 29.3 Å². The van der Waals surface area contributed by atoms with Gasteiger partial charge in [0.1, 0.15) is 0 Å². The smallest absolute Gasteiger partial charge is 0.319 e. The van der Waals surface area contributed by atoms with Crippen LogP contribution in [-0.4, -0.2) is 18.6 Å². The van der Waals surface area contributed by atoms with Crippen LogP contribution in [0.25, 0.3) is 0 Å². The molecule has 1 aromatic carbocycles. The summed E-state index contributed by atoms with van der Waals surface area (Å²) in [6.07, 6.45) is 0. The maximum atomic E-state index is 11.2. The first-order chi connectivity index (χ1) is 7.00. The predicted molar refractivity (Wildman–Crippen MR) is 62.0 cm³/mol. The number of carbonyl (C=O) groups is 1. The van der Waals surface area contributed by atoms with Gasteiger partial charge in [-0.3, -0.25) is 4.90 Å². The third-order valence-corrected chi connectivity index (χ3v) is 2.13. The van der Waals surface area contributed by atoms with E-state index in [0.29, 0.717) is 17.3 Å². The number of rotatable bonds is 3. The summed E-state index contributed by atoms with van der Waals surface area (Å²) in [5, 5.41) is 0.615. The van der Waals surface area contributed by atoms with Crippen molar-refractivity contribution in [3.63, 3.8) is 0 Å². The zero-order chi connectivity index (χ0) is 11.4. The molecule has 0 bridgehead atoms. The van der Waals surface area contributed by atoms with Crippen LogP contribution in [0, 0.1) is 0 Å². The Hall–Kier alpha value is -1.26. The maximum Gasteiger partial charge on any atom is 0.319 e. The average molecular weight is 228 g/mol. The second-order valence-electron chi connectivity index (χ2n) is 3.40. The number of halogens is 1. The number of carbonyl (C=O) groups excluding carboxylic acids is 1. The highest BCUT2D eigenvalue weighted by Gasteiger charge is 2.13. The second kappa shape index (κ2) is 5.00. The molecule has 0 radical (unpaired) electrons. The largest absolute Gasteiger partial charge is 0.351 e. The Morgan fingerprint density at radius 1 is 1.47 bits per heavy atom. The van der Waals surface area contributed by atoms with Crippen molar-refractivity contribution >= 4 is 23.3 Å². The normalized spacial score (nSPS) is 12.2. The fourth-order valence-electron chi connectivity index (χ4n) is 1.23. The first-order valence-electron chi connectivity index (χ1n) is 4.59. The first-order valence-corrected chi connectivity index (χ1v) is 4.96. The van der Waals surface area contributed by atoms with Crippen LogP contribution in [0.4, 0.5) is 10.5 Å². The fourth-order valence-corrected chi connectivity index (χ4v) is 1.36. The third kappa shape index (κ3) is 3.42. The maximum absolute atomic E-state index is 11.2. The number of primary amides is 1. The molecule has 0 aromatic heterocycles. The lowest BCUT2D eigenvalue weighted by atomic mass is 10.2. The number of hydrogen-bond donors (Lipinski definition) is 2. The zero-order valence-corrected chi connectivity index (χ0v) is 9.24. The quantitative estimate of drug-likeness (QED) is 0.823. The summed E-state index contributed by atoms with van der Waals surface area (Å²) >= 11 is 5.74. The lowest BCUT2D eigenvalue weighted by Crippen LogP contribution is -2.42. The zero-order valence-electron chi connectivity index (χ0n) is 8.48. The Morgan fingerprint density at radius 3 is 2.40 bits per heavy atom. The number of benzene rings is 1. The van der Waals surface area contributed by atoms with Gasteiger partial charge in [0.15, 0.2) is 0 Å². The van der Waals surface area contributed by atoms with Crippen molar-refractivity contribution in [2.24, 2.45) is 11.5 Å². The Bertz CT molecular complexity index is 337. The van der Waals surface area contributed by atoms with Crippen molar-refractivity contribution in [1.29, 1.82) is 0 Å². The lowest BCUT2D eigenvalue weighted by Gasteiger charge is -2.22. The minimum Gasteiger partial charge on any atom is -0.351 e. The van der Waals surface area contributed by atoms with Gasteiger partial charge in [-0.05, 0) is 31.2 Å². The van der Waals surface area contributed by atoms with Crippen LogP contribution >= 0.6 is 11.6 Å². The summed E-state index contributed by atoms with van der Waals surface area (Å²) in [6.45, 7) is 2.20. The Labute approximate surface area is 93.8 Å². The fraction of sp³-hybridized carbons (Fsp3) is 0.300. The topological polar surface area (TPSA) is 72.3 Å². The van der Waals surface area contributed by atoms with E-state index in [9.17, 15) is 4.79 Å². The molecule has 4 nitrogen and oxygen atoms in total. The van der Waals surface area contributed by atoms with Gasteiger partial charge in [0, 0.05) is 23.3 Å². The van der Waals surface area contributed by atoms with E-state index in [-0.39, 0.29) is 6.04 Å². The molecular weight excluding hydrogens is 214 g/mol. The summed E-state index contributed by atoms with van der Waals surface area (Å²) in [7, 11) is 0. The van der Waals surface area contributed by atoms with Gasteiger partial charge in [0.05, 0.1) is 0 Å². The highest BCUT2D eigenvalue weighted by Crippen LogP contribution is 2.17. The number of nitrogens with two attached hydrogens (primary N) is 2. The molecule has 1 aromatic rings. The minimum atomic E-state index is -0.519. The van der Waals surface area contributed by atoms with Crippen molar-refractivity contribution in [2.45, 2.75) is 13.0 Å². The van der Waals surface area contributed by atoms with Crippen LogP contribution in [0.3, 0.4) is 0 Å². The van der Waals surface area contributed by atoms with E-state index in [1.807, 2.05) is 6.92 Å². The number of amides is 2. The molecule has 0 aliphatic heterocycles. The van der Waals surface area contributed by atoms with E-state index in [0.717, 1.165) is 0 Å². The second-order valence-corrected chi connectivity index (χ2v) is 3.84. The van der Waals surface area contributed by atoms with Gasteiger partial charge in [-0.15, -0.1) is 0 Å². The van der Waals surface area contributed by atoms with Crippen molar-refractivity contribution < 1.29 is 4.79 Å². The molecule has 82 valence electrons. The number of urea groups is 1. The van der Waals surface area contributed by atoms with Crippen LogP contribution < -0.4 is 16.4 Å². The lowest BCUT2D eigenvalue weighted by molar-refractivity contribution is 0.253. The Kier molecular flexibility index (Phi) is 3.94. The molecule has 0 spiro atoms. The van der Waals surface area contributed by atoms with E-state index >= 15 is 0 Å². The molecule has 0 aliphatic carbocycles. The number of hydrogen-bond acceptors (Lipinski definition) is 2. The average Bonchev–Trinajstić information content (AvgIpc) is 2.15. The van der Waals surface area contributed by atoms with Crippen LogP contribution in [0.1, 0.15) is 6.92 Å². The van der Waals surface area contributed by atoms with Crippen LogP contribution in [-0.2, 0) is 0 Å². The van der Waals surface area contributed by atoms with Gasteiger partial charge in [-0.1, -0.05) is 11.6 Å². The first kappa shape index (κ1) is 11.8. The highest BCUT2D eigenvalue weighted by molar-refractivity contribution is 6.30. The molecule has 0 fully saturated rings. The van der Waals surface area contributed by atoms with Crippen molar-refractivity contribution in [3.8, 4) is 0 Å². The van der Waals surface area contributed by atoms with Crippen LogP contribution in [0.2, 0.25) is 5.02 Å². The Balaban J connectivity index is 2.89. The van der Waals surface area contributed by atoms with E-state index < -0.39 is 6.03 Å². The summed E-state index contributed by atoms with van der Waals surface area (Å²) in [6, 6.07) is 6.22. The van der Waals surface area contributed by atoms with E-state index in [1.165, 1.54) is 4.90 Å². The molecular formula is C10H14ClN3O. The van der Waals surface area contributed by atoms with Gasteiger partial charge in [0.2, 0.25) is 0 Å². The van der Waals surface area contributed by atoms with Crippen LogP contribution in [0.15, 0.2) is 24.3 Å². The standard InChI is InChI=1S/C10H14ClN3O/c1-7(12)6-14(10(13)15)9-4-2-8(11)3-5-9/h2-5,7H,6,12H2,1H3,(H2,13,15). The molecule has 1 unspecified atom stereocenters. The van der Waals surface area contributed by atoms with Crippen molar-refractivity contribution in [1.82, 2.24) is 0 Å². The van der Waals surface area contributed by atoms with Gasteiger partial charge in [0.25, 0.3) is 0 Å². The summed E-state index contributed by atoms with van der Waals surface area (Å²) in [5.74, 6) is 0. The van der Waals surface area contributed by atoms with E-state index in [1.54, 1.807) is 24.3 Å². The molecule has 0 aliphatic rings. The number of anilines is 1. The molecule has 1 atom stereocenters. The third-order valence-electron chi connectivity index (χ3n) is 1.87. The minimum absolute atomic E-state index is 0.131. The van der Waals surface area contributed by atoms with Crippen LogP contribution in [0.5, 0.6) is 0 Å². The predicted octanol–water partition coefficient (Wildman–Crippen LogP) is 1.57. The van der Waals surface area contributed by atoms with Gasteiger partial charge >= 0.3 is 6.03 Å². The molecule has 2 amide bonds. The molecule has 0 heterocycles. The monoisotopic (exact) mass is 227 g/mol. The molecule has 0 saturated carbocycles. The van der Waals surface area contributed by atoms with Gasteiger partial charge in [-0.2, -0.15) is 0 Å². The molecule has 15 heavy (non-hydrogen) atoms. The highest BCUT2D eigenvalue weighted by atomic mass is 35.5. The number of nitrogens with zero attached hydrogens (tertiary/aromatic N) is 1. The molecule has 1 rings (SSSR count). The van der Waals surface area contributed by atoms with E-state index in [4.69, 9.17) is 23.1 Å². The SMILES string of the molecule is CC(N)CN(C(N)=O)c1ccc(Cl)cc1. The molecule has 0 saturated heterocycles. The van der Waals surface area contributed by atoms with Gasteiger partial charge in [-0.25, -0.2) is 4.79 Å². The summed E-state index contributed by atoms with van der Waals surface area (Å²) in [5.41, 5.74) is 11.6. The molecule has 4 N–H and O–H groups in total. The molecule has 5 heteroatoms. The van der Waals surface area contributed by atoms with E-state index in [2.05, 4.69) is 0 Å².